The van der Waals surface area contributed by atoms with E-state index >= 15 is 0 Å². The molecule has 0 amide bonds. The van der Waals surface area contributed by atoms with Gasteiger partial charge >= 0.3 is 0 Å². The summed E-state index contributed by atoms with van der Waals surface area (Å²) in [5, 5.41) is 11.5. The van der Waals surface area contributed by atoms with Gasteiger partial charge in [-0.1, -0.05) is 20.8 Å². The van der Waals surface area contributed by atoms with Crippen LogP contribution in [0.25, 0.3) is 0 Å². The van der Waals surface area contributed by atoms with Gasteiger partial charge in [0, 0.05) is 5.92 Å². The van der Waals surface area contributed by atoms with Gasteiger partial charge in [0.2, 0.25) is 0 Å². The summed E-state index contributed by atoms with van der Waals surface area (Å²) in [7, 11) is 0. The fourth-order valence-corrected chi connectivity index (χ4v) is 7.64. The first kappa shape index (κ1) is 15.2. The summed E-state index contributed by atoms with van der Waals surface area (Å²) in [6.07, 6.45) is 6.80. The molecule has 130 valence electrons. The highest BCUT2D eigenvalue weighted by Crippen LogP contribution is 2.75. The predicted octanol–water partition coefficient (Wildman–Crippen LogP) is 3.68. The molecule has 0 aromatic carbocycles. The molecule has 5 rings (SSSR count). The van der Waals surface area contributed by atoms with E-state index in [1.54, 1.807) is 0 Å². The Morgan fingerprint density at radius 3 is 2.43 bits per heavy atom. The Bertz CT molecular complexity index is 575. The van der Waals surface area contributed by atoms with E-state index in [1.807, 2.05) is 0 Å². The van der Waals surface area contributed by atoms with Gasteiger partial charge in [0.25, 0.3) is 0 Å². The van der Waals surface area contributed by atoms with Gasteiger partial charge in [-0.05, 0) is 69.6 Å². The average Bonchev–Trinajstić information content (AvgIpc) is 2.71. The van der Waals surface area contributed by atoms with Crippen LogP contribution in [0.1, 0.15) is 73.1 Å². The standard InChI is InChI=1S/C20H32O3/c1-12(2)19(21)9-8-16(3)10-14-17(4)7-6-15-18(5,23-17)20(14,22-15)11-13(16)19/h12-15,21H,6-11H2,1-5H3/t13?,14-,15+,16-,17?,18-,19-,20-/m0/s1. The number of hydrogen-bond donors (Lipinski definition) is 1. The van der Waals surface area contributed by atoms with E-state index < -0.39 is 5.60 Å². The summed E-state index contributed by atoms with van der Waals surface area (Å²) in [4.78, 5) is 0. The quantitative estimate of drug-likeness (QED) is 0.801. The van der Waals surface area contributed by atoms with Gasteiger partial charge in [-0.3, -0.25) is 0 Å². The van der Waals surface area contributed by atoms with Gasteiger partial charge in [-0.15, -0.1) is 0 Å². The molecule has 3 nitrogen and oxygen atoms in total. The number of aliphatic hydroxyl groups is 1. The van der Waals surface area contributed by atoms with E-state index in [0.29, 0.717) is 17.8 Å². The highest BCUT2D eigenvalue weighted by molar-refractivity contribution is 5.31. The molecule has 3 saturated heterocycles. The van der Waals surface area contributed by atoms with Gasteiger partial charge in [0.05, 0.1) is 17.3 Å². The topological polar surface area (TPSA) is 38.7 Å². The highest BCUT2D eigenvalue weighted by atomic mass is 16.7. The van der Waals surface area contributed by atoms with E-state index in [-0.39, 0.29) is 28.3 Å². The predicted molar refractivity (Wildman–Crippen MR) is 88.1 cm³/mol. The first-order chi connectivity index (χ1) is 10.6. The summed E-state index contributed by atoms with van der Waals surface area (Å²) in [5.41, 5.74) is -0.568. The monoisotopic (exact) mass is 320 g/mol. The summed E-state index contributed by atoms with van der Waals surface area (Å²) in [5.74, 6) is 1.15. The Hall–Kier alpha value is -0.120. The molecule has 5 fully saturated rings. The van der Waals surface area contributed by atoms with Crippen LogP contribution in [0.4, 0.5) is 0 Å². The van der Waals surface area contributed by atoms with Crippen LogP contribution in [0.2, 0.25) is 0 Å². The van der Waals surface area contributed by atoms with Gasteiger partial charge in [0.15, 0.2) is 0 Å². The molecule has 8 atom stereocenters. The molecule has 0 aromatic heterocycles. The summed E-state index contributed by atoms with van der Waals surface area (Å²) in [6.45, 7) is 11.4. The van der Waals surface area contributed by atoms with Crippen molar-refractivity contribution in [2.45, 2.75) is 102 Å². The minimum absolute atomic E-state index is 0.0196. The summed E-state index contributed by atoms with van der Waals surface area (Å²) in [6, 6.07) is 0. The van der Waals surface area contributed by atoms with Crippen molar-refractivity contribution in [3.8, 4) is 0 Å². The van der Waals surface area contributed by atoms with Crippen molar-refractivity contribution in [2.24, 2.45) is 23.2 Å². The molecule has 3 aliphatic heterocycles. The zero-order valence-corrected chi connectivity index (χ0v) is 15.3. The Kier molecular flexibility index (Phi) is 2.53. The maximum atomic E-state index is 11.5. The number of hydrogen-bond acceptors (Lipinski definition) is 3. The smallest absolute Gasteiger partial charge is 0.121 e. The third-order valence-corrected chi connectivity index (χ3v) is 9.17. The Morgan fingerprint density at radius 2 is 1.74 bits per heavy atom. The summed E-state index contributed by atoms with van der Waals surface area (Å²) >= 11 is 0. The van der Waals surface area contributed by atoms with Crippen molar-refractivity contribution in [3.05, 3.63) is 0 Å². The average molecular weight is 320 g/mol. The van der Waals surface area contributed by atoms with E-state index in [1.165, 1.54) is 0 Å². The maximum Gasteiger partial charge on any atom is 0.121 e. The molecular formula is C20H32O3. The SMILES string of the molecule is CC(C)[C@@]1(O)CC[C@@]2(C)C[C@H]3C4(C)CC[C@H]5O[C@]3(CC21)[C@@]5(C)O4. The molecule has 3 heteroatoms. The minimum atomic E-state index is -0.531. The molecule has 0 aromatic rings. The fourth-order valence-electron chi connectivity index (χ4n) is 7.64. The zero-order chi connectivity index (χ0) is 16.5. The van der Waals surface area contributed by atoms with Crippen LogP contribution in [0.5, 0.6) is 0 Å². The lowest BCUT2D eigenvalue weighted by atomic mass is 9.51. The lowest BCUT2D eigenvalue weighted by Gasteiger charge is -2.64. The third kappa shape index (κ3) is 1.39. The van der Waals surface area contributed by atoms with Gasteiger partial charge in [0.1, 0.15) is 11.2 Å². The van der Waals surface area contributed by atoms with Crippen molar-refractivity contribution in [2.75, 3.05) is 0 Å². The largest absolute Gasteiger partial charge is 0.389 e. The zero-order valence-electron chi connectivity index (χ0n) is 15.3. The van der Waals surface area contributed by atoms with Crippen LogP contribution in [0.15, 0.2) is 0 Å². The molecule has 2 saturated carbocycles. The van der Waals surface area contributed by atoms with E-state index in [9.17, 15) is 5.11 Å². The van der Waals surface area contributed by atoms with Crippen LogP contribution >= 0.6 is 0 Å². The maximum absolute atomic E-state index is 11.5. The lowest BCUT2D eigenvalue weighted by molar-refractivity contribution is -0.360. The number of ether oxygens (including phenoxy) is 2. The number of rotatable bonds is 1. The van der Waals surface area contributed by atoms with Gasteiger partial charge < -0.3 is 14.6 Å². The second-order valence-corrected chi connectivity index (χ2v) is 10.4. The minimum Gasteiger partial charge on any atom is -0.389 e. The van der Waals surface area contributed by atoms with Crippen LogP contribution < -0.4 is 0 Å². The van der Waals surface area contributed by atoms with Crippen molar-refractivity contribution >= 4 is 0 Å². The van der Waals surface area contributed by atoms with Crippen LogP contribution in [-0.4, -0.2) is 33.6 Å². The van der Waals surface area contributed by atoms with Crippen LogP contribution in [0.3, 0.4) is 0 Å². The van der Waals surface area contributed by atoms with E-state index in [4.69, 9.17) is 9.47 Å². The molecule has 2 aliphatic carbocycles. The van der Waals surface area contributed by atoms with Crippen molar-refractivity contribution in [1.29, 1.82) is 0 Å². The fraction of sp³-hybridized carbons (Fsp3) is 1.00. The Labute approximate surface area is 140 Å². The Balaban J connectivity index is 1.61. The van der Waals surface area contributed by atoms with E-state index in [2.05, 4.69) is 34.6 Å². The molecule has 1 spiro atoms. The molecule has 0 radical (unpaired) electrons. The van der Waals surface area contributed by atoms with Crippen molar-refractivity contribution in [3.63, 3.8) is 0 Å². The summed E-state index contributed by atoms with van der Waals surface area (Å²) < 4.78 is 13.3. The molecule has 5 aliphatic rings. The Morgan fingerprint density at radius 1 is 1.00 bits per heavy atom. The molecule has 1 N–H and O–H groups in total. The van der Waals surface area contributed by atoms with Gasteiger partial charge in [-0.2, -0.15) is 0 Å². The first-order valence-electron chi connectivity index (χ1n) is 9.70. The number of fused-ring (bicyclic) bond motifs is 3. The first-order valence-corrected chi connectivity index (χ1v) is 9.70. The van der Waals surface area contributed by atoms with Gasteiger partial charge in [-0.25, -0.2) is 0 Å². The normalized spacial score (nSPS) is 66.1. The third-order valence-electron chi connectivity index (χ3n) is 9.17. The van der Waals surface area contributed by atoms with E-state index in [0.717, 1.165) is 38.5 Å². The molecule has 2 unspecified atom stereocenters. The van der Waals surface area contributed by atoms with Crippen molar-refractivity contribution < 1.29 is 14.6 Å². The molecule has 3 heterocycles. The second-order valence-electron chi connectivity index (χ2n) is 10.4. The van der Waals surface area contributed by atoms with Crippen LogP contribution in [0, 0.1) is 23.2 Å². The molecular weight excluding hydrogens is 288 g/mol. The van der Waals surface area contributed by atoms with Crippen molar-refractivity contribution in [1.82, 2.24) is 0 Å². The van der Waals surface area contributed by atoms with Crippen LogP contribution in [-0.2, 0) is 9.47 Å². The molecule has 2 bridgehead atoms. The second kappa shape index (κ2) is 3.83. The highest BCUT2D eigenvalue weighted by Gasteiger charge is 2.83. The lowest BCUT2D eigenvalue weighted by Crippen LogP contribution is -2.75. The molecule has 23 heavy (non-hydrogen) atoms.